The third-order valence-electron chi connectivity index (χ3n) is 2.42. The van der Waals surface area contributed by atoms with Crippen LogP contribution in [0.2, 0.25) is 0 Å². The molecule has 1 amide bonds. The smallest absolute Gasteiger partial charge is 0.277 e. The molecule has 2 N–H and O–H groups in total. The molecule has 0 aliphatic heterocycles. The molecule has 0 aliphatic rings. The Morgan fingerprint density at radius 2 is 1.89 bits per heavy atom. The summed E-state index contributed by atoms with van der Waals surface area (Å²) in [6.07, 6.45) is 0. The third kappa shape index (κ3) is 3.25. The van der Waals surface area contributed by atoms with Crippen molar-refractivity contribution >= 4 is 33.5 Å². The van der Waals surface area contributed by atoms with Gasteiger partial charge in [-0.25, -0.2) is 4.98 Å². The Morgan fingerprint density at radius 1 is 1.16 bits per heavy atom. The van der Waals surface area contributed by atoms with E-state index in [2.05, 4.69) is 41.7 Å². The minimum Gasteiger partial charge on any atom is -0.372 e. The summed E-state index contributed by atoms with van der Waals surface area (Å²) in [5.41, 5.74) is 1.04. The average Bonchev–Trinajstić information content (AvgIpc) is 2.43. The molecule has 0 unspecified atom stereocenters. The molecule has 0 aromatic carbocycles. The molecule has 0 fully saturated rings. The molecule has 2 aromatic heterocycles. The van der Waals surface area contributed by atoms with Gasteiger partial charge in [-0.15, -0.1) is 10.2 Å². The van der Waals surface area contributed by atoms with Gasteiger partial charge < -0.3 is 10.6 Å². The summed E-state index contributed by atoms with van der Waals surface area (Å²) in [5, 5.41) is 13.2. The number of anilines is 2. The number of aryl methyl sites for hydroxylation is 1. The number of amides is 1. The standard InChI is InChI=1S/C12H12BrN5O/c1-7-8(13)3-5-11(15-7)16-12(19)9-4-6-10(14-2)18-17-9/h3-6H,1-2H3,(H,14,18)(H,15,16,19). The van der Waals surface area contributed by atoms with Gasteiger partial charge >= 0.3 is 0 Å². The van der Waals surface area contributed by atoms with Crippen LogP contribution in [0.1, 0.15) is 16.2 Å². The number of rotatable bonds is 3. The van der Waals surface area contributed by atoms with Crippen LogP contribution in [0, 0.1) is 6.92 Å². The van der Waals surface area contributed by atoms with Gasteiger partial charge in [-0.3, -0.25) is 4.79 Å². The maximum Gasteiger partial charge on any atom is 0.277 e. The molecule has 2 aromatic rings. The first-order chi connectivity index (χ1) is 9.10. The maximum absolute atomic E-state index is 11.9. The van der Waals surface area contributed by atoms with Crippen molar-refractivity contribution in [3.8, 4) is 0 Å². The first-order valence-corrected chi connectivity index (χ1v) is 6.35. The predicted molar refractivity (Wildman–Crippen MR) is 76.2 cm³/mol. The zero-order valence-corrected chi connectivity index (χ0v) is 12.0. The maximum atomic E-state index is 11.9. The van der Waals surface area contributed by atoms with E-state index in [1.54, 1.807) is 25.2 Å². The fraction of sp³-hybridized carbons (Fsp3) is 0.167. The van der Waals surface area contributed by atoms with E-state index in [9.17, 15) is 4.79 Å². The number of carbonyl (C=O) groups excluding carboxylic acids is 1. The van der Waals surface area contributed by atoms with Gasteiger partial charge in [-0.1, -0.05) is 0 Å². The van der Waals surface area contributed by atoms with E-state index in [0.717, 1.165) is 10.2 Å². The highest BCUT2D eigenvalue weighted by Gasteiger charge is 2.09. The lowest BCUT2D eigenvalue weighted by Gasteiger charge is -2.05. The molecule has 0 spiro atoms. The predicted octanol–water partition coefficient (Wildman–Crippen LogP) is 2.24. The summed E-state index contributed by atoms with van der Waals surface area (Å²) in [6.45, 7) is 1.85. The molecular weight excluding hydrogens is 310 g/mol. The van der Waals surface area contributed by atoms with Crippen LogP contribution in [0.3, 0.4) is 0 Å². The largest absolute Gasteiger partial charge is 0.372 e. The van der Waals surface area contributed by atoms with E-state index in [1.807, 2.05) is 13.0 Å². The highest BCUT2D eigenvalue weighted by molar-refractivity contribution is 9.10. The Bertz CT molecular complexity index is 600. The quantitative estimate of drug-likeness (QED) is 0.906. The van der Waals surface area contributed by atoms with Gasteiger partial charge in [-0.2, -0.15) is 0 Å². The number of halogens is 1. The lowest BCUT2D eigenvalue weighted by atomic mass is 10.3. The molecule has 0 atom stereocenters. The zero-order valence-electron chi connectivity index (χ0n) is 10.4. The molecule has 19 heavy (non-hydrogen) atoms. The molecule has 0 aliphatic carbocycles. The Balaban J connectivity index is 2.13. The number of nitrogens with one attached hydrogen (secondary N) is 2. The SMILES string of the molecule is CNc1ccc(C(=O)Nc2ccc(Br)c(C)n2)nn1. The summed E-state index contributed by atoms with van der Waals surface area (Å²) in [4.78, 5) is 16.2. The number of hydrogen-bond donors (Lipinski definition) is 2. The summed E-state index contributed by atoms with van der Waals surface area (Å²) < 4.78 is 0.892. The fourth-order valence-corrected chi connectivity index (χ4v) is 1.60. The molecule has 98 valence electrons. The Morgan fingerprint density at radius 3 is 2.47 bits per heavy atom. The van der Waals surface area contributed by atoms with Crippen molar-refractivity contribution in [3.05, 3.63) is 40.1 Å². The van der Waals surface area contributed by atoms with Crippen LogP contribution in [0.5, 0.6) is 0 Å². The van der Waals surface area contributed by atoms with Crippen molar-refractivity contribution in [1.82, 2.24) is 15.2 Å². The first kappa shape index (κ1) is 13.4. The van der Waals surface area contributed by atoms with Crippen molar-refractivity contribution in [2.24, 2.45) is 0 Å². The lowest BCUT2D eigenvalue weighted by Crippen LogP contribution is -2.15. The molecule has 0 radical (unpaired) electrons. The number of hydrogen-bond acceptors (Lipinski definition) is 5. The Kier molecular flexibility index (Phi) is 4.06. The molecule has 0 saturated carbocycles. The minimum atomic E-state index is -0.343. The van der Waals surface area contributed by atoms with Crippen LogP contribution in [0.4, 0.5) is 11.6 Å². The van der Waals surface area contributed by atoms with Crippen molar-refractivity contribution < 1.29 is 4.79 Å². The summed E-state index contributed by atoms with van der Waals surface area (Å²) in [5.74, 6) is 0.740. The molecule has 7 heteroatoms. The highest BCUT2D eigenvalue weighted by atomic mass is 79.9. The summed E-state index contributed by atoms with van der Waals surface area (Å²) >= 11 is 3.35. The Hall–Kier alpha value is -2.02. The van der Waals surface area contributed by atoms with Crippen LogP contribution >= 0.6 is 15.9 Å². The van der Waals surface area contributed by atoms with E-state index >= 15 is 0 Å². The van der Waals surface area contributed by atoms with Crippen LogP contribution in [-0.2, 0) is 0 Å². The number of pyridine rings is 1. The zero-order chi connectivity index (χ0) is 13.8. The third-order valence-corrected chi connectivity index (χ3v) is 3.25. The van der Waals surface area contributed by atoms with E-state index in [0.29, 0.717) is 11.6 Å². The first-order valence-electron chi connectivity index (χ1n) is 5.56. The lowest BCUT2D eigenvalue weighted by molar-refractivity contribution is 0.102. The van der Waals surface area contributed by atoms with E-state index in [4.69, 9.17) is 0 Å². The van der Waals surface area contributed by atoms with Gasteiger partial charge in [0.05, 0.1) is 5.69 Å². The van der Waals surface area contributed by atoms with Crippen molar-refractivity contribution in [2.75, 3.05) is 17.7 Å². The second-order valence-electron chi connectivity index (χ2n) is 3.77. The van der Waals surface area contributed by atoms with E-state index in [1.165, 1.54) is 0 Å². The van der Waals surface area contributed by atoms with Crippen LogP contribution in [-0.4, -0.2) is 28.1 Å². The van der Waals surface area contributed by atoms with Gasteiger partial charge in [0.2, 0.25) is 0 Å². The van der Waals surface area contributed by atoms with Crippen LogP contribution in [0.25, 0.3) is 0 Å². The topological polar surface area (TPSA) is 79.8 Å². The second-order valence-corrected chi connectivity index (χ2v) is 4.63. The molecule has 0 bridgehead atoms. The minimum absolute atomic E-state index is 0.237. The second kappa shape index (κ2) is 5.75. The van der Waals surface area contributed by atoms with Gasteiger partial charge in [0, 0.05) is 11.5 Å². The summed E-state index contributed by atoms with van der Waals surface area (Å²) in [7, 11) is 1.73. The van der Waals surface area contributed by atoms with E-state index < -0.39 is 0 Å². The van der Waals surface area contributed by atoms with Crippen molar-refractivity contribution in [2.45, 2.75) is 6.92 Å². The van der Waals surface area contributed by atoms with Crippen LogP contribution in [0.15, 0.2) is 28.7 Å². The van der Waals surface area contributed by atoms with Crippen molar-refractivity contribution in [3.63, 3.8) is 0 Å². The van der Waals surface area contributed by atoms with Crippen LogP contribution < -0.4 is 10.6 Å². The monoisotopic (exact) mass is 321 g/mol. The van der Waals surface area contributed by atoms with Gasteiger partial charge in [-0.05, 0) is 47.1 Å². The number of nitrogens with zero attached hydrogens (tertiary/aromatic N) is 3. The molecule has 2 heterocycles. The molecule has 0 saturated heterocycles. The Labute approximate surface area is 118 Å². The van der Waals surface area contributed by atoms with Gasteiger partial charge in [0.15, 0.2) is 5.69 Å². The van der Waals surface area contributed by atoms with Gasteiger partial charge in [0.25, 0.3) is 5.91 Å². The summed E-state index contributed by atoms with van der Waals surface area (Å²) in [6, 6.07) is 6.82. The van der Waals surface area contributed by atoms with Gasteiger partial charge in [0.1, 0.15) is 11.6 Å². The molecule has 2 rings (SSSR count). The fourth-order valence-electron chi connectivity index (χ4n) is 1.38. The number of aromatic nitrogens is 3. The molecular formula is C12H12BrN5O. The molecule has 6 nitrogen and oxygen atoms in total. The average molecular weight is 322 g/mol. The van der Waals surface area contributed by atoms with Crippen molar-refractivity contribution in [1.29, 1.82) is 0 Å². The van der Waals surface area contributed by atoms with E-state index in [-0.39, 0.29) is 11.6 Å². The highest BCUT2D eigenvalue weighted by Crippen LogP contribution is 2.16. The normalized spacial score (nSPS) is 10.1. The number of carbonyl (C=O) groups is 1.